The summed E-state index contributed by atoms with van der Waals surface area (Å²) in [4.78, 5) is 11.8. The summed E-state index contributed by atoms with van der Waals surface area (Å²) in [5.41, 5.74) is 1.80. The Balaban J connectivity index is 1.82. The Kier molecular flexibility index (Phi) is 4.95. The van der Waals surface area contributed by atoms with E-state index < -0.39 is 0 Å². The van der Waals surface area contributed by atoms with Gasteiger partial charge in [0.1, 0.15) is 0 Å². The number of aryl methyl sites for hydroxylation is 1. The molecule has 98 valence electrons. The highest BCUT2D eigenvalue weighted by atomic mass is 35.5. The number of amides is 1. The van der Waals surface area contributed by atoms with Crippen LogP contribution in [0.25, 0.3) is 0 Å². The number of hydrogen-bond acceptors (Lipinski definition) is 2. The molecule has 1 N–H and O–H groups in total. The summed E-state index contributed by atoms with van der Waals surface area (Å²) in [7, 11) is 0. The lowest BCUT2D eigenvalue weighted by Gasteiger charge is -2.10. The number of carbonyl (C=O) groups excluding carboxylic acids is 1. The molecule has 1 amide bonds. The van der Waals surface area contributed by atoms with Gasteiger partial charge in [-0.05, 0) is 37.5 Å². The molecule has 0 atom stereocenters. The number of nitrogens with one attached hydrogen (secondary N) is 1. The fourth-order valence-corrected chi connectivity index (χ4v) is 3.56. The maximum atomic E-state index is 11.8. The Bertz CT molecular complexity index is 430. The first-order valence-corrected chi connectivity index (χ1v) is 7.75. The quantitative estimate of drug-likeness (QED) is 0.894. The monoisotopic (exact) mass is 283 g/mol. The summed E-state index contributed by atoms with van der Waals surface area (Å²) in [6.45, 7) is 1.98. The van der Waals surface area contributed by atoms with Gasteiger partial charge >= 0.3 is 0 Å². The molecule has 0 aliphatic heterocycles. The third-order valence-electron chi connectivity index (χ3n) is 3.15. The molecule has 0 bridgehead atoms. The Morgan fingerprint density at radius 1 is 1.44 bits per heavy atom. The first-order valence-electron chi connectivity index (χ1n) is 6.33. The molecule has 1 aromatic rings. The van der Waals surface area contributed by atoms with Crippen LogP contribution >= 0.6 is 23.4 Å². The Morgan fingerprint density at radius 2 is 2.17 bits per heavy atom. The van der Waals surface area contributed by atoms with Gasteiger partial charge in [-0.2, -0.15) is 0 Å². The number of anilines is 1. The average molecular weight is 284 g/mol. The van der Waals surface area contributed by atoms with E-state index in [1.54, 1.807) is 11.8 Å². The standard InChI is InChI=1S/C14H18ClNOS/c1-10-6-7-13(12(15)8-10)16-14(17)9-18-11-4-2-3-5-11/h6-8,11H,2-5,9H2,1H3,(H,16,17). The van der Waals surface area contributed by atoms with Crippen LogP contribution in [0.15, 0.2) is 18.2 Å². The summed E-state index contributed by atoms with van der Waals surface area (Å²) in [5, 5.41) is 4.15. The number of benzene rings is 1. The molecule has 18 heavy (non-hydrogen) atoms. The molecule has 2 rings (SSSR count). The van der Waals surface area contributed by atoms with Crippen molar-refractivity contribution in [2.75, 3.05) is 11.1 Å². The zero-order chi connectivity index (χ0) is 13.0. The lowest BCUT2D eigenvalue weighted by atomic mass is 10.2. The largest absolute Gasteiger partial charge is 0.324 e. The maximum absolute atomic E-state index is 11.8. The molecule has 1 saturated carbocycles. The van der Waals surface area contributed by atoms with Gasteiger partial charge in [0.2, 0.25) is 5.91 Å². The first kappa shape index (κ1) is 13.8. The summed E-state index contributed by atoms with van der Waals surface area (Å²) in [5.74, 6) is 0.562. The molecule has 0 unspecified atom stereocenters. The van der Waals surface area contributed by atoms with E-state index in [0.717, 1.165) is 5.56 Å². The van der Waals surface area contributed by atoms with E-state index >= 15 is 0 Å². The molecular formula is C14H18ClNOS. The highest BCUT2D eigenvalue weighted by Gasteiger charge is 2.16. The molecule has 1 fully saturated rings. The van der Waals surface area contributed by atoms with Gasteiger partial charge in [0.05, 0.1) is 16.5 Å². The van der Waals surface area contributed by atoms with Gasteiger partial charge in [0.25, 0.3) is 0 Å². The van der Waals surface area contributed by atoms with Gasteiger partial charge < -0.3 is 5.32 Å². The van der Waals surface area contributed by atoms with Crippen molar-refractivity contribution >= 4 is 35.0 Å². The third kappa shape index (κ3) is 3.92. The molecule has 0 heterocycles. The summed E-state index contributed by atoms with van der Waals surface area (Å²) in [6.07, 6.45) is 5.12. The molecular weight excluding hydrogens is 266 g/mol. The number of thioether (sulfide) groups is 1. The van der Waals surface area contributed by atoms with Crippen LogP contribution in [0.4, 0.5) is 5.69 Å². The molecule has 4 heteroatoms. The number of carbonyl (C=O) groups is 1. The molecule has 0 spiro atoms. The molecule has 2 nitrogen and oxygen atoms in total. The Hall–Kier alpha value is -0.670. The van der Waals surface area contributed by atoms with Crippen molar-refractivity contribution in [2.45, 2.75) is 37.9 Å². The summed E-state index contributed by atoms with van der Waals surface area (Å²) in [6, 6.07) is 5.67. The van der Waals surface area contributed by atoms with Crippen molar-refractivity contribution < 1.29 is 4.79 Å². The summed E-state index contributed by atoms with van der Waals surface area (Å²) < 4.78 is 0. The zero-order valence-electron chi connectivity index (χ0n) is 10.5. The van der Waals surface area contributed by atoms with Crippen LogP contribution in [0.3, 0.4) is 0 Å². The lowest BCUT2D eigenvalue weighted by molar-refractivity contribution is -0.113. The lowest BCUT2D eigenvalue weighted by Crippen LogP contribution is -2.16. The number of rotatable bonds is 4. The van der Waals surface area contributed by atoms with Crippen molar-refractivity contribution in [2.24, 2.45) is 0 Å². The van der Waals surface area contributed by atoms with Crippen molar-refractivity contribution in [1.29, 1.82) is 0 Å². The minimum absolute atomic E-state index is 0.0395. The van der Waals surface area contributed by atoms with Crippen LogP contribution in [-0.2, 0) is 4.79 Å². The van der Waals surface area contributed by atoms with Gasteiger partial charge in [0, 0.05) is 5.25 Å². The maximum Gasteiger partial charge on any atom is 0.234 e. The van der Waals surface area contributed by atoms with E-state index in [2.05, 4.69) is 5.32 Å². The van der Waals surface area contributed by atoms with Gasteiger partial charge in [-0.15, -0.1) is 11.8 Å². The van der Waals surface area contributed by atoms with Crippen LogP contribution in [0, 0.1) is 6.92 Å². The van der Waals surface area contributed by atoms with E-state index in [-0.39, 0.29) is 5.91 Å². The fourth-order valence-electron chi connectivity index (χ4n) is 2.16. The van der Waals surface area contributed by atoms with E-state index in [1.165, 1.54) is 25.7 Å². The van der Waals surface area contributed by atoms with E-state index in [1.807, 2.05) is 25.1 Å². The molecule has 1 aliphatic carbocycles. The topological polar surface area (TPSA) is 29.1 Å². The van der Waals surface area contributed by atoms with E-state index in [4.69, 9.17) is 11.6 Å². The van der Waals surface area contributed by atoms with Gasteiger partial charge in [0.15, 0.2) is 0 Å². The average Bonchev–Trinajstić information content (AvgIpc) is 2.83. The van der Waals surface area contributed by atoms with Crippen molar-refractivity contribution in [3.05, 3.63) is 28.8 Å². The van der Waals surface area contributed by atoms with Crippen LogP contribution in [0.1, 0.15) is 31.2 Å². The van der Waals surface area contributed by atoms with Gasteiger partial charge in [-0.1, -0.05) is 30.5 Å². The second-order valence-electron chi connectivity index (χ2n) is 4.75. The second-order valence-corrected chi connectivity index (χ2v) is 6.44. The predicted octanol–water partition coefficient (Wildman–Crippen LogP) is 4.26. The minimum atomic E-state index is 0.0395. The van der Waals surface area contributed by atoms with E-state index in [0.29, 0.717) is 21.7 Å². The Morgan fingerprint density at radius 3 is 2.83 bits per heavy atom. The first-order chi connectivity index (χ1) is 8.65. The third-order valence-corrected chi connectivity index (χ3v) is 4.84. The smallest absolute Gasteiger partial charge is 0.234 e. The minimum Gasteiger partial charge on any atom is -0.324 e. The van der Waals surface area contributed by atoms with Crippen LogP contribution in [0.5, 0.6) is 0 Å². The molecule has 0 radical (unpaired) electrons. The molecule has 0 saturated heterocycles. The highest BCUT2D eigenvalue weighted by Crippen LogP contribution is 2.29. The van der Waals surface area contributed by atoms with Crippen molar-refractivity contribution in [1.82, 2.24) is 0 Å². The van der Waals surface area contributed by atoms with Crippen LogP contribution in [0.2, 0.25) is 5.02 Å². The predicted molar refractivity (Wildman–Crippen MR) is 79.5 cm³/mol. The molecule has 1 aromatic carbocycles. The van der Waals surface area contributed by atoms with Crippen molar-refractivity contribution in [3.63, 3.8) is 0 Å². The molecule has 1 aliphatic rings. The van der Waals surface area contributed by atoms with Crippen molar-refractivity contribution in [3.8, 4) is 0 Å². The Labute approximate surface area is 117 Å². The number of hydrogen-bond donors (Lipinski definition) is 1. The number of halogens is 1. The normalized spacial score (nSPS) is 15.9. The summed E-state index contributed by atoms with van der Waals surface area (Å²) >= 11 is 7.84. The highest BCUT2D eigenvalue weighted by molar-refractivity contribution is 8.00. The van der Waals surface area contributed by atoms with E-state index in [9.17, 15) is 4.79 Å². The van der Waals surface area contributed by atoms with Crippen LogP contribution < -0.4 is 5.32 Å². The second kappa shape index (κ2) is 6.48. The van der Waals surface area contributed by atoms with Crippen LogP contribution in [-0.4, -0.2) is 16.9 Å². The van der Waals surface area contributed by atoms with Gasteiger partial charge in [-0.25, -0.2) is 0 Å². The fraction of sp³-hybridized carbons (Fsp3) is 0.500. The SMILES string of the molecule is Cc1ccc(NC(=O)CSC2CCCC2)c(Cl)c1. The zero-order valence-corrected chi connectivity index (χ0v) is 12.1. The molecule has 0 aromatic heterocycles. The van der Waals surface area contributed by atoms with Gasteiger partial charge in [-0.3, -0.25) is 4.79 Å².